The molecule has 0 unspecified atom stereocenters. The summed E-state index contributed by atoms with van der Waals surface area (Å²) in [4.78, 5) is 35.9. The van der Waals surface area contributed by atoms with Crippen molar-refractivity contribution in [2.45, 2.75) is 25.7 Å². The fourth-order valence-corrected chi connectivity index (χ4v) is 2.46. The van der Waals surface area contributed by atoms with Crippen LogP contribution in [0.3, 0.4) is 0 Å². The standard InChI is InChI=1S/C13H14Br2N2O3/c1-2-7-16-9(18)6-4-3-5-8-17-12(19)10(14)11(15)13(17)20/h1H,3-8H2,(H,16,18). The van der Waals surface area contributed by atoms with E-state index in [4.69, 9.17) is 6.42 Å². The Morgan fingerprint density at radius 1 is 1.15 bits per heavy atom. The highest BCUT2D eigenvalue weighted by molar-refractivity contribution is 9.14. The highest BCUT2D eigenvalue weighted by Crippen LogP contribution is 2.29. The minimum atomic E-state index is -0.325. The number of carbonyl (C=O) groups excluding carboxylic acids is 3. The maximum Gasteiger partial charge on any atom is 0.269 e. The summed E-state index contributed by atoms with van der Waals surface area (Å²) in [5.74, 6) is 1.60. The number of carbonyl (C=O) groups is 3. The SMILES string of the molecule is C#CCNC(=O)CCCCCN1C(=O)C(Br)=C(Br)C1=O. The van der Waals surface area contributed by atoms with Gasteiger partial charge in [0.15, 0.2) is 0 Å². The molecular weight excluding hydrogens is 392 g/mol. The molecule has 0 bridgehead atoms. The lowest BCUT2D eigenvalue weighted by molar-refractivity contribution is -0.137. The first-order valence-corrected chi connectivity index (χ1v) is 7.69. The molecule has 7 heteroatoms. The van der Waals surface area contributed by atoms with Crippen LogP contribution in [0.2, 0.25) is 0 Å². The molecule has 3 amide bonds. The number of hydrogen-bond acceptors (Lipinski definition) is 3. The van der Waals surface area contributed by atoms with Crippen molar-refractivity contribution in [1.29, 1.82) is 0 Å². The number of terminal acetylenes is 1. The zero-order valence-corrected chi connectivity index (χ0v) is 13.9. The lowest BCUT2D eigenvalue weighted by Crippen LogP contribution is -2.32. The van der Waals surface area contributed by atoms with Crippen LogP contribution in [0, 0.1) is 12.3 Å². The second kappa shape index (κ2) is 8.22. The number of nitrogens with one attached hydrogen (secondary N) is 1. The summed E-state index contributed by atoms with van der Waals surface area (Å²) in [6, 6.07) is 0. The van der Waals surface area contributed by atoms with Crippen LogP contribution in [0.1, 0.15) is 25.7 Å². The molecule has 0 aromatic carbocycles. The van der Waals surface area contributed by atoms with Crippen LogP contribution in [-0.4, -0.2) is 35.7 Å². The number of amides is 3. The predicted molar refractivity (Wildman–Crippen MR) is 81.9 cm³/mol. The Bertz CT molecular complexity index is 470. The van der Waals surface area contributed by atoms with E-state index in [9.17, 15) is 14.4 Å². The van der Waals surface area contributed by atoms with Gasteiger partial charge in [0, 0.05) is 13.0 Å². The van der Waals surface area contributed by atoms with Gasteiger partial charge in [-0.15, -0.1) is 6.42 Å². The lowest BCUT2D eigenvalue weighted by Gasteiger charge is -2.13. The molecule has 0 aliphatic carbocycles. The summed E-state index contributed by atoms with van der Waals surface area (Å²) >= 11 is 6.13. The zero-order valence-electron chi connectivity index (χ0n) is 10.7. The van der Waals surface area contributed by atoms with Crippen LogP contribution in [0.25, 0.3) is 0 Å². The number of hydrogen-bond donors (Lipinski definition) is 1. The highest BCUT2D eigenvalue weighted by atomic mass is 79.9. The molecule has 1 heterocycles. The molecule has 0 spiro atoms. The van der Waals surface area contributed by atoms with Crippen LogP contribution in [0.5, 0.6) is 0 Å². The monoisotopic (exact) mass is 404 g/mol. The van der Waals surface area contributed by atoms with Crippen LogP contribution >= 0.6 is 31.9 Å². The van der Waals surface area contributed by atoms with E-state index in [0.29, 0.717) is 25.8 Å². The number of halogens is 2. The minimum Gasteiger partial charge on any atom is -0.345 e. The normalized spacial score (nSPS) is 14.8. The maximum atomic E-state index is 11.7. The smallest absolute Gasteiger partial charge is 0.269 e. The second-order valence-corrected chi connectivity index (χ2v) is 5.77. The van der Waals surface area contributed by atoms with E-state index in [1.807, 2.05) is 0 Å². The maximum absolute atomic E-state index is 11.7. The number of rotatable bonds is 7. The average molecular weight is 406 g/mol. The third-order valence-corrected chi connectivity index (χ3v) is 4.74. The van der Waals surface area contributed by atoms with Gasteiger partial charge in [-0.1, -0.05) is 12.3 Å². The third-order valence-electron chi connectivity index (χ3n) is 2.73. The summed E-state index contributed by atoms with van der Waals surface area (Å²) in [5.41, 5.74) is 0. The van der Waals surface area contributed by atoms with E-state index in [1.165, 1.54) is 4.90 Å². The summed E-state index contributed by atoms with van der Waals surface area (Å²) in [5, 5.41) is 2.58. The molecule has 0 saturated heterocycles. The largest absolute Gasteiger partial charge is 0.345 e. The molecule has 0 aromatic rings. The van der Waals surface area contributed by atoms with Crippen LogP contribution in [-0.2, 0) is 14.4 Å². The number of nitrogens with zero attached hydrogens (tertiary/aromatic N) is 1. The Hall–Kier alpha value is -1.13. The van der Waals surface area contributed by atoms with Crippen LogP contribution in [0.4, 0.5) is 0 Å². The Kier molecular flexibility index (Phi) is 6.96. The molecule has 5 nitrogen and oxygen atoms in total. The van der Waals surface area contributed by atoms with Gasteiger partial charge in [-0.2, -0.15) is 0 Å². The van der Waals surface area contributed by atoms with Gasteiger partial charge in [-0.25, -0.2) is 0 Å². The predicted octanol–water partition coefficient (Wildman–Crippen LogP) is 1.67. The number of imide groups is 1. The van der Waals surface area contributed by atoms with E-state index in [1.54, 1.807) is 0 Å². The molecule has 1 rings (SSSR count). The van der Waals surface area contributed by atoms with Crippen LogP contribution in [0.15, 0.2) is 8.96 Å². The molecule has 0 atom stereocenters. The van der Waals surface area contributed by atoms with Gasteiger partial charge >= 0.3 is 0 Å². The molecule has 0 radical (unpaired) electrons. The summed E-state index contributed by atoms with van der Waals surface area (Å²) in [7, 11) is 0. The molecular formula is C13H14Br2N2O3. The molecule has 0 saturated carbocycles. The van der Waals surface area contributed by atoms with Gasteiger partial charge in [-0.3, -0.25) is 19.3 Å². The molecule has 0 fully saturated rings. The van der Waals surface area contributed by atoms with Gasteiger partial charge in [0.1, 0.15) is 8.96 Å². The fraction of sp³-hybridized carbons (Fsp3) is 0.462. The molecule has 0 aromatic heterocycles. The van der Waals surface area contributed by atoms with Crippen molar-refractivity contribution >= 4 is 49.6 Å². The summed E-state index contributed by atoms with van der Waals surface area (Å²) < 4.78 is 0.521. The summed E-state index contributed by atoms with van der Waals surface area (Å²) in [6.45, 7) is 0.594. The van der Waals surface area contributed by atoms with E-state index in [2.05, 4.69) is 43.1 Å². The first-order valence-electron chi connectivity index (χ1n) is 6.10. The second-order valence-electron chi connectivity index (χ2n) is 4.18. The van der Waals surface area contributed by atoms with Crippen LogP contribution < -0.4 is 5.32 Å². The van der Waals surface area contributed by atoms with Crippen molar-refractivity contribution in [2.24, 2.45) is 0 Å². The molecule has 1 aliphatic rings. The van der Waals surface area contributed by atoms with Crippen molar-refractivity contribution in [3.8, 4) is 12.3 Å². The Labute approximate surface area is 134 Å². The van der Waals surface area contributed by atoms with Gasteiger partial charge in [0.2, 0.25) is 5.91 Å². The van der Waals surface area contributed by atoms with E-state index in [0.717, 1.165) is 6.42 Å². The summed E-state index contributed by atoms with van der Waals surface area (Å²) in [6.07, 6.45) is 7.55. The molecule has 1 aliphatic heterocycles. The van der Waals surface area contributed by atoms with Crippen molar-refractivity contribution in [3.63, 3.8) is 0 Å². The fourth-order valence-electron chi connectivity index (χ4n) is 1.69. The van der Waals surface area contributed by atoms with E-state index >= 15 is 0 Å². The molecule has 20 heavy (non-hydrogen) atoms. The van der Waals surface area contributed by atoms with E-state index in [-0.39, 0.29) is 33.2 Å². The zero-order chi connectivity index (χ0) is 15.1. The van der Waals surface area contributed by atoms with Gasteiger partial charge in [0.25, 0.3) is 11.8 Å². The minimum absolute atomic E-state index is 0.0802. The lowest BCUT2D eigenvalue weighted by atomic mass is 10.2. The van der Waals surface area contributed by atoms with Crippen molar-refractivity contribution in [2.75, 3.05) is 13.1 Å². The number of unbranched alkanes of at least 4 members (excludes halogenated alkanes) is 2. The topological polar surface area (TPSA) is 66.5 Å². The van der Waals surface area contributed by atoms with Crippen molar-refractivity contribution < 1.29 is 14.4 Å². The molecule has 1 N–H and O–H groups in total. The Morgan fingerprint density at radius 3 is 2.30 bits per heavy atom. The van der Waals surface area contributed by atoms with Gasteiger partial charge in [0.05, 0.1) is 6.54 Å². The Morgan fingerprint density at radius 2 is 1.75 bits per heavy atom. The molecule has 108 valence electrons. The Balaban J connectivity index is 2.20. The third kappa shape index (κ3) is 4.46. The van der Waals surface area contributed by atoms with Crippen molar-refractivity contribution in [3.05, 3.63) is 8.96 Å². The van der Waals surface area contributed by atoms with Gasteiger partial charge in [-0.05, 0) is 44.7 Å². The average Bonchev–Trinajstić information content (AvgIpc) is 2.62. The highest BCUT2D eigenvalue weighted by Gasteiger charge is 2.35. The van der Waals surface area contributed by atoms with Gasteiger partial charge < -0.3 is 5.32 Å². The first-order chi connectivity index (χ1) is 9.49. The quantitative estimate of drug-likeness (QED) is 0.398. The van der Waals surface area contributed by atoms with E-state index < -0.39 is 0 Å². The first kappa shape index (κ1) is 16.9. The van der Waals surface area contributed by atoms with Crippen molar-refractivity contribution in [1.82, 2.24) is 10.2 Å².